The monoisotopic (exact) mass is 283 g/mol. The molecule has 0 fully saturated rings. The lowest BCUT2D eigenvalue weighted by Gasteiger charge is -2.09. The van der Waals surface area contributed by atoms with Crippen LogP contribution in [0.3, 0.4) is 0 Å². The Labute approximate surface area is 126 Å². The van der Waals surface area contributed by atoms with Gasteiger partial charge in [-0.1, -0.05) is 24.3 Å². The Kier molecular flexibility index (Phi) is 5.52. The molecule has 1 N–H and O–H groups in total. The fourth-order valence-corrected chi connectivity index (χ4v) is 2.24. The molecule has 2 aromatic carbocycles. The van der Waals surface area contributed by atoms with Crippen LogP contribution in [-0.4, -0.2) is 26.0 Å². The van der Waals surface area contributed by atoms with Gasteiger partial charge in [0.1, 0.15) is 5.75 Å². The van der Waals surface area contributed by atoms with Crippen LogP contribution in [-0.2, 0) is 6.42 Å². The van der Waals surface area contributed by atoms with Crippen molar-refractivity contribution in [3.8, 4) is 5.75 Å². The summed E-state index contributed by atoms with van der Waals surface area (Å²) in [6, 6.07) is 15.1. The maximum absolute atomic E-state index is 12.6. The minimum atomic E-state index is 0.0600. The number of ether oxygens (including phenoxy) is 1. The van der Waals surface area contributed by atoms with E-state index in [0.717, 1.165) is 29.8 Å². The van der Waals surface area contributed by atoms with Crippen LogP contribution >= 0.6 is 0 Å². The summed E-state index contributed by atoms with van der Waals surface area (Å²) in [5, 5.41) is 3.12. The molecule has 0 radical (unpaired) electrons. The lowest BCUT2D eigenvalue weighted by molar-refractivity contribution is 0.103. The molecule has 2 rings (SSSR count). The van der Waals surface area contributed by atoms with Gasteiger partial charge in [0.05, 0.1) is 6.61 Å². The van der Waals surface area contributed by atoms with E-state index in [-0.39, 0.29) is 5.78 Å². The molecule has 3 nitrogen and oxygen atoms in total. The van der Waals surface area contributed by atoms with Gasteiger partial charge in [0.2, 0.25) is 0 Å². The van der Waals surface area contributed by atoms with Crippen LogP contribution in [0.25, 0.3) is 0 Å². The van der Waals surface area contributed by atoms with Gasteiger partial charge in [-0.3, -0.25) is 4.79 Å². The van der Waals surface area contributed by atoms with Crippen LogP contribution in [0, 0.1) is 0 Å². The maximum Gasteiger partial charge on any atom is 0.193 e. The fourth-order valence-electron chi connectivity index (χ4n) is 2.24. The molecule has 3 heteroatoms. The number of likely N-dealkylation sites (N-methyl/N-ethyl adjacent to an activating group) is 1. The Morgan fingerprint density at radius 1 is 1.10 bits per heavy atom. The minimum Gasteiger partial charge on any atom is -0.494 e. The Balaban J connectivity index is 2.23. The highest BCUT2D eigenvalue weighted by atomic mass is 16.5. The van der Waals surface area contributed by atoms with Crippen molar-refractivity contribution in [2.45, 2.75) is 13.3 Å². The SMILES string of the molecule is CCOc1ccc(C(=O)c2ccccc2CCNC)cc1. The third-order valence-corrected chi connectivity index (χ3v) is 3.33. The first-order valence-electron chi connectivity index (χ1n) is 7.26. The number of benzene rings is 2. The van der Waals surface area contributed by atoms with Crippen molar-refractivity contribution in [3.63, 3.8) is 0 Å². The zero-order valence-corrected chi connectivity index (χ0v) is 12.6. The number of nitrogens with one attached hydrogen (secondary N) is 1. The normalized spacial score (nSPS) is 10.4. The van der Waals surface area contributed by atoms with Gasteiger partial charge in [0.15, 0.2) is 5.78 Å². The average Bonchev–Trinajstić information content (AvgIpc) is 2.53. The molecule has 0 aliphatic carbocycles. The molecule has 110 valence electrons. The zero-order chi connectivity index (χ0) is 15.1. The van der Waals surface area contributed by atoms with Gasteiger partial charge in [0, 0.05) is 11.1 Å². The maximum atomic E-state index is 12.6. The van der Waals surface area contributed by atoms with E-state index in [1.807, 2.05) is 62.5 Å². The molecule has 0 saturated heterocycles. The first-order chi connectivity index (χ1) is 10.3. The smallest absolute Gasteiger partial charge is 0.193 e. The largest absolute Gasteiger partial charge is 0.494 e. The van der Waals surface area contributed by atoms with Crippen LogP contribution in [0.15, 0.2) is 48.5 Å². The lowest BCUT2D eigenvalue weighted by atomic mass is 9.96. The second-order valence-electron chi connectivity index (χ2n) is 4.80. The summed E-state index contributed by atoms with van der Waals surface area (Å²) in [5.74, 6) is 0.849. The molecular formula is C18H21NO2. The highest BCUT2D eigenvalue weighted by Gasteiger charge is 2.13. The number of hydrogen-bond acceptors (Lipinski definition) is 3. The van der Waals surface area contributed by atoms with E-state index in [9.17, 15) is 4.79 Å². The highest BCUT2D eigenvalue weighted by Crippen LogP contribution is 2.18. The van der Waals surface area contributed by atoms with Crippen molar-refractivity contribution in [3.05, 3.63) is 65.2 Å². The van der Waals surface area contributed by atoms with Crippen LogP contribution in [0.4, 0.5) is 0 Å². The lowest BCUT2D eigenvalue weighted by Crippen LogP contribution is -2.13. The summed E-state index contributed by atoms with van der Waals surface area (Å²) in [5.41, 5.74) is 2.54. The Hall–Kier alpha value is -2.13. The van der Waals surface area contributed by atoms with Gasteiger partial charge in [-0.2, -0.15) is 0 Å². The van der Waals surface area contributed by atoms with Gasteiger partial charge in [-0.05, 0) is 56.8 Å². The Morgan fingerprint density at radius 2 is 1.81 bits per heavy atom. The summed E-state index contributed by atoms with van der Waals surface area (Å²) in [7, 11) is 1.91. The quantitative estimate of drug-likeness (QED) is 0.794. The van der Waals surface area contributed by atoms with E-state index in [1.54, 1.807) is 0 Å². The molecule has 0 aliphatic heterocycles. The van der Waals surface area contributed by atoms with Gasteiger partial charge in [-0.25, -0.2) is 0 Å². The highest BCUT2D eigenvalue weighted by molar-refractivity contribution is 6.09. The summed E-state index contributed by atoms with van der Waals surface area (Å²) in [4.78, 5) is 12.6. The number of rotatable bonds is 7. The standard InChI is InChI=1S/C18H21NO2/c1-3-21-16-10-8-15(9-11-16)18(20)17-7-5-4-6-14(17)12-13-19-2/h4-11,19H,3,12-13H2,1-2H3. The predicted octanol–water partition coefficient (Wildman–Crippen LogP) is 3.08. The van der Waals surface area contributed by atoms with Crippen molar-refractivity contribution < 1.29 is 9.53 Å². The van der Waals surface area contributed by atoms with E-state index < -0.39 is 0 Å². The van der Waals surface area contributed by atoms with Crippen molar-refractivity contribution in [1.29, 1.82) is 0 Å². The van der Waals surface area contributed by atoms with Crippen molar-refractivity contribution in [1.82, 2.24) is 5.32 Å². The second kappa shape index (κ2) is 7.60. The van der Waals surface area contributed by atoms with Gasteiger partial charge >= 0.3 is 0 Å². The Bertz CT molecular complexity index is 590. The Morgan fingerprint density at radius 3 is 2.48 bits per heavy atom. The zero-order valence-electron chi connectivity index (χ0n) is 12.6. The molecule has 2 aromatic rings. The number of ketones is 1. The van der Waals surface area contributed by atoms with Crippen molar-refractivity contribution in [2.24, 2.45) is 0 Å². The van der Waals surface area contributed by atoms with E-state index in [4.69, 9.17) is 4.74 Å². The van der Waals surface area contributed by atoms with Gasteiger partial charge in [-0.15, -0.1) is 0 Å². The van der Waals surface area contributed by atoms with Gasteiger partial charge < -0.3 is 10.1 Å². The average molecular weight is 283 g/mol. The molecule has 0 unspecified atom stereocenters. The fraction of sp³-hybridized carbons (Fsp3) is 0.278. The molecule has 0 aromatic heterocycles. The van der Waals surface area contributed by atoms with E-state index in [1.165, 1.54) is 0 Å². The summed E-state index contributed by atoms with van der Waals surface area (Å²) in [6.45, 7) is 3.42. The first kappa shape index (κ1) is 15.3. The molecule has 0 atom stereocenters. The van der Waals surface area contributed by atoms with Crippen LogP contribution in [0.5, 0.6) is 5.75 Å². The van der Waals surface area contributed by atoms with E-state index in [2.05, 4.69) is 5.32 Å². The number of carbonyl (C=O) groups excluding carboxylic acids is 1. The molecular weight excluding hydrogens is 262 g/mol. The topological polar surface area (TPSA) is 38.3 Å². The third-order valence-electron chi connectivity index (χ3n) is 3.33. The molecule has 0 bridgehead atoms. The van der Waals surface area contributed by atoms with Crippen LogP contribution in [0.1, 0.15) is 28.4 Å². The molecule has 21 heavy (non-hydrogen) atoms. The van der Waals surface area contributed by atoms with Gasteiger partial charge in [0.25, 0.3) is 0 Å². The summed E-state index contributed by atoms with van der Waals surface area (Å²) in [6.07, 6.45) is 0.843. The van der Waals surface area contributed by atoms with Crippen LogP contribution < -0.4 is 10.1 Å². The number of hydrogen-bond donors (Lipinski definition) is 1. The summed E-state index contributed by atoms with van der Waals surface area (Å²) >= 11 is 0. The molecule has 0 aliphatic rings. The molecule has 0 saturated carbocycles. The second-order valence-corrected chi connectivity index (χ2v) is 4.80. The first-order valence-corrected chi connectivity index (χ1v) is 7.26. The van der Waals surface area contributed by atoms with Crippen LogP contribution in [0.2, 0.25) is 0 Å². The van der Waals surface area contributed by atoms with Crippen molar-refractivity contribution in [2.75, 3.05) is 20.2 Å². The van der Waals surface area contributed by atoms with E-state index in [0.29, 0.717) is 12.2 Å². The molecule has 0 heterocycles. The third kappa shape index (κ3) is 3.92. The molecule has 0 amide bonds. The summed E-state index contributed by atoms with van der Waals surface area (Å²) < 4.78 is 5.40. The molecule has 0 spiro atoms. The minimum absolute atomic E-state index is 0.0600. The number of carbonyl (C=O) groups is 1. The predicted molar refractivity (Wildman–Crippen MR) is 85.1 cm³/mol. The van der Waals surface area contributed by atoms with E-state index >= 15 is 0 Å². The van der Waals surface area contributed by atoms with Crippen molar-refractivity contribution >= 4 is 5.78 Å².